The van der Waals surface area contributed by atoms with E-state index in [0.29, 0.717) is 17.0 Å². The van der Waals surface area contributed by atoms with Gasteiger partial charge >= 0.3 is 5.97 Å². The summed E-state index contributed by atoms with van der Waals surface area (Å²) in [5.41, 5.74) is 1.81. The molecule has 8 nitrogen and oxygen atoms in total. The average molecular weight is 534 g/mol. The number of hydrogen-bond acceptors (Lipinski definition) is 6. The van der Waals surface area contributed by atoms with Crippen LogP contribution in [0.5, 0.6) is 0 Å². The molecule has 1 aliphatic heterocycles. The number of nitrogens with zero attached hydrogens (tertiary/aromatic N) is 1. The third-order valence-electron chi connectivity index (χ3n) is 7.17. The maximum Gasteiger partial charge on any atom is 0.364 e. The Morgan fingerprint density at radius 1 is 0.974 bits per heavy atom. The van der Waals surface area contributed by atoms with Gasteiger partial charge in [-0.1, -0.05) is 69.3 Å². The number of rotatable bonds is 10. The molecule has 1 saturated heterocycles. The van der Waals surface area contributed by atoms with Gasteiger partial charge in [-0.05, 0) is 41.7 Å². The van der Waals surface area contributed by atoms with Crippen LogP contribution in [0.1, 0.15) is 55.1 Å². The fourth-order valence-electron chi connectivity index (χ4n) is 4.05. The third-order valence-corrected chi connectivity index (χ3v) is 11.7. The number of hydrogen-bond donors (Lipinski definition) is 1. The van der Waals surface area contributed by atoms with Crippen molar-refractivity contribution >= 4 is 39.8 Å². The van der Waals surface area contributed by atoms with Crippen LogP contribution >= 0.6 is 0 Å². The van der Waals surface area contributed by atoms with Crippen LogP contribution in [0.3, 0.4) is 0 Å². The third kappa shape index (κ3) is 7.42. The molecule has 0 unspecified atom stereocenters. The molecule has 0 bridgehead atoms. The molecule has 2 aromatic carbocycles. The molecule has 0 saturated carbocycles. The van der Waals surface area contributed by atoms with Crippen LogP contribution < -0.4 is 5.32 Å². The topological polar surface area (TPSA) is 102 Å². The largest absolute Gasteiger partial charge is 0.411 e. The lowest BCUT2D eigenvalue weighted by molar-refractivity contribution is -0.172. The summed E-state index contributed by atoms with van der Waals surface area (Å²) >= 11 is 0. The average Bonchev–Trinajstić information content (AvgIpc) is 3.15. The summed E-state index contributed by atoms with van der Waals surface area (Å²) in [5, 5.41) is 3.28. The fraction of sp³-hybridized carbons (Fsp3) is 0.429. The van der Waals surface area contributed by atoms with Crippen molar-refractivity contribution in [3.63, 3.8) is 0 Å². The van der Waals surface area contributed by atoms with Gasteiger partial charge in [0.1, 0.15) is 0 Å². The number of benzene rings is 2. The molecular weight excluding hydrogens is 499 g/mol. The van der Waals surface area contributed by atoms with Gasteiger partial charge in [-0.3, -0.25) is 14.4 Å². The van der Waals surface area contributed by atoms with Gasteiger partial charge in [-0.2, -0.15) is 0 Å². The summed E-state index contributed by atoms with van der Waals surface area (Å²) in [6.07, 6.45) is 0.212. The lowest BCUT2D eigenvalue weighted by Crippen LogP contribution is -2.53. The maximum atomic E-state index is 13.1. The molecule has 3 rings (SSSR count). The van der Waals surface area contributed by atoms with Crippen LogP contribution in [0, 0.1) is 0 Å². The second-order valence-corrected chi connectivity index (χ2v) is 15.8. The molecule has 10 heteroatoms. The van der Waals surface area contributed by atoms with E-state index in [4.69, 9.17) is 17.1 Å². The SMILES string of the molecule is [B]C(=O)N[C@H](Cc1ccccc1)[C@@H](Cc1ccccc1C(=O)ON1C(=O)CCC1=O)O[Si](C)(C)C(C)(C)C. The Hall–Kier alpha value is -3.24. The van der Waals surface area contributed by atoms with Crippen LogP contribution in [0.2, 0.25) is 18.1 Å². The molecule has 0 spiro atoms. The Morgan fingerprint density at radius 3 is 2.13 bits per heavy atom. The molecule has 1 heterocycles. The lowest BCUT2D eigenvalue weighted by atomic mass is 9.93. The minimum Gasteiger partial charge on any atom is -0.411 e. The summed E-state index contributed by atoms with van der Waals surface area (Å²) < 4.78 is 6.84. The predicted octanol–water partition coefficient (Wildman–Crippen LogP) is 4.33. The summed E-state index contributed by atoms with van der Waals surface area (Å²) in [7, 11) is 3.23. The Morgan fingerprint density at radius 2 is 1.55 bits per heavy atom. The molecule has 200 valence electrons. The van der Waals surface area contributed by atoms with Gasteiger partial charge < -0.3 is 14.6 Å². The van der Waals surface area contributed by atoms with Crippen molar-refractivity contribution in [3.8, 4) is 0 Å². The van der Waals surface area contributed by atoms with Crippen molar-refractivity contribution in [2.75, 3.05) is 0 Å². The highest BCUT2D eigenvalue weighted by molar-refractivity contribution is 6.74. The van der Waals surface area contributed by atoms with Gasteiger partial charge in [0.15, 0.2) is 14.1 Å². The second kappa shape index (κ2) is 12.1. The summed E-state index contributed by atoms with van der Waals surface area (Å²) in [6.45, 7) is 10.6. The van der Waals surface area contributed by atoms with E-state index in [1.54, 1.807) is 24.3 Å². The molecule has 2 aromatic rings. The fourth-order valence-corrected chi connectivity index (χ4v) is 5.41. The first-order valence-electron chi connectivity index (χ1n) is 12.7. The van der Waals surface area contributed by atoms with E-state index in [1.165, 1.54) is 0 Å². The number of imide groups is 1. The molecule has 1 N–H and O–H groups in total. The molecule has 38 heavy (non-hydrogen) atoms. The molecule has 0 aromatic heterocycles. The van der Waals surface area contributed by atoms with E-state index in [0.717, 1.165) is 5.56 Å². The van der Waals surface area contributed by atoms with Gasteiger partial charge in [-0.15, -0.1) is 5.06 Å². The van der Waals surface area contributed by atoms with E-state index in [1.807, 2.05) is 30.3 Å². The quantitative estimate of drug-likeness (QED) is 0.360. The smallest absolute Gasteiger partial charge is 0.364 e. The minimum absolute atomic E-state index is 0.0101. The van der Waals surface area contributed by atoms with Crippen LogP contribution in [0.15, 0.2) is 54.6 Å². The highest BCUT2D eigenvalue weighted by atomic mass is 28.4. The Bertz CT molecular complexity index is 1170. The first kappa shape index (κ1) is 29.3. The van der Waals surface area contributed by atoms with E-state index in [2.05, 4.69) is 39.2 Å². The summed E-state index contributed by atoms with van der Waals surface area (Å²) in [5.74, 6) is -2.58. The van der Waals surface area contributed by atoms with E-state index < -0.39 is 44.1 Å². The van der Waals surface area contributed by atoms with Crippen LogP contribution in [0.25, 0.3) is 0 Å². The van der Waals surface area contributed by atoms with E-state index >= 15 is 0 Å². The molecular formula is C28H35BN2O6Si. The maximum absolute atomic E-state index is 13.1. The highest BCUT2D eigenvalue weighted by Gasteiger charge is 2.41. The van der Waals surface area contributed by atoms with Gasteiger partial charge in [-0.25, -0.2) is 4.79 Å². The van der Waals surface area contributed by atoms with E-state index in [9.17, 15) is 19.2 Å². The predicted molar refractivity (Wildman–Crippen MR) is 147 cm³/mol. The first-order valence-corrected chi connectivity index (χ1v) is 15.6. The lowest BCUT2D eigenvalue weighted by Gasteiger charge is -2.42. The van der Waals surface area contributed by atoms with Crippen molar-refractivity contribution in [2.45, 2.75) is 76.7 Å². The number of nitrogens with one attached hydrogen (secondary N) is 1. The standard InChI is InChI=1S/C28H35BN2O6Si/c1-28(2,3)38(4,5)37-23(22(30-27(29)35)17-19-11-7-6-8-12-19)18-20-13-9-10-14-21(20)26(34)36-31-24(32)15-16-25(31)33/h6-14,22-23H,15-18H2,1-5H3,(H,30,35)/t22-,23-/m1/s1. The molecule has 3 amide bonds. The van der Waals surface area contributed by atoms with Crippen molar-refractivity contribution in [1.82, 2.24) is 10.4 Å². The van der Waals surface area contributed by atoms with Gasteiger partial charge in [0, 0.05) is 19.3 Å². The zero-order valence-corrected chi connectivity index (χ0v) is 23.7. The summed E-state index contributed by atoms with van der Waals surface area (Å²) in [6, 6.07) is 16.0. The number of hydroxylamine groups is 2. The monoisotopic (exact) mass is 534 g/mol. The number of amides is 3. The van der Waals surface area contributed by atoms with Crippen LogP contribution in [-0.2, 0) is 31.7 Å². The summed E-state index contributed by atoms with van der Waals surface area (Å²) in [4.78, 5) is 54.3. The van der Waals surface area contributed by atoms with Crippen molar-refractivity contribution in [2.24, 2.45) is 0 Å². The van der Waals surface area contributed by atoms with E-state index in [-0.39, 0.29) is 29.9 Å². The molecule has 1 fully saturated rings. The van der Waals surface area contributed by atoms with Crippen molar-refractivity contribution < 1.29 is 28.4 Å². The van der Waals surface area contributed by atoms with Crippen molar-refractivity contribution in [1.29, 1.82) is 0 Å². The van der Waals surface area contributed by atoms with Gasteiger partial charge in [0.25, 0.3) is 11.8 Å². The zero-order chi connectivity index (χ0) is 28.1. The normalized spacial score (nSPS) is 15.8. The second-order valence-electron chi connectivity index (χ2n) is 11.0. The van der Waals surface area contributed by atoms with Crippen LogP contribution in [0.4, 0.5) is 4.79 Å². The first-order chi connectivity index (χ1) is 17.8. The van der Waals surface area contributed by atoms with Gasteiger partial charge in [0.05, 0.1) is 17.7 Å². The van der Waals surface area contributed by atoms with Crippen LogP contribution in [-0.4, -0.2) is 57.0 Å². The number of carbonyl (C=O) groups is 4. The zero-order valence-electron chi connectivity index (χ0n) is 22.7. The Balaban J connectivity index is 1.97. The number of carbonyl (C=O) groups excluding carboxylic acids is 4. The highest BCUT2D eigenvalue weighted by Crippen LogP contribution is 2.38. The molecule has 2 atom stereocenters. The molecule has 2 radical (unpaired) electrons. The molecule has 1 aliphatic rings. The minimum atomic E-state index is -2.35. The Kier molecular flexibility index (Phi) is 9.32. The van der Waals surface area contributed by atoms with Crippen molar-refractivity contribution in [3.05, 3.63) is 71.3 Å². The van der Waals surface area contributed by atoms with Gasteiger partial charge in [0.2, 0.25) is 7.85 Å². The Labute approximate surface area is 226 Å². The molecule has 0 aliphatic carbocycles.